The highest BCUT2D eigenvalue weighted by molar-refractivity contribution is 7.80. The first kappa shape index (κ1) is 46.5. The summed E-state index contributed by atoms with van der Waals surface area (Å²) >= 11 is 4.01. The Kier molecular flexibility index (Phi) is 26.8. The van der Waals surface area contributed by atoms with Crippen LogP contribution < -0.4 is 45.0 Å². The van der Waals surface area contributed by atoms with Crippen LogP contribution in [0.25, 0.3) is 0 Å². The summed E-state index contributed by atoms with van der Waals surface area (Å²) in [6, 6.07) is -2.81. The van der Waals surface area contributed by atoms with Crippen LogP contribution in [0.3, 0.4) is 0 Å². The molecule has 0 aromatic heterocycles. The van der Waals surface area contributed by atoms with E-state index in [9.17, 15) is 33.9 Å². The van der Waals surface area contributed by atoms with Gasteiger partial charge in [0.05, 0.1) is 30.7 Å². The number of thiol groups is 1. The third kappa shape index (κ3) is 20.1. The highest BCUT2D eigenvalue weighted by Gasteiger charge is 2.33. The van der Waals surface area contributed by atoms with Crippen molar-refractivity contribution in [3.63, 3.8) is 0 Å². The normalized spacial score (nSPS) is 15.0. The van der Waals surface area contributed by atoms with E-state index in [0.29, 0.717) is 96.8 Å². The summed E-state index contributed by atoms with van der Waals surface area (Å²) in [5, 5.41) is 15.4. The number of aliphatic hydroxyl groups is 1. The van der Waals surface area contributed by atoms with E-state index >= 15 is 0 Å². The Balaban J connectivity index is 6.06. The van der Waals surface area contributed by atoms with Crippen LogP contribution in [0.2, 0.25) is 0 Å². The Morgan fingerprint density at radius 1 is 0.551 bits per heavy atom. The summed E-state index contributed by atoms with van der Waals surface area (Å²) in [6.45, 7) is 0.979. The van der Waals surface area contributed by atoms with Gasteiger partial charge >= 0.3 is 0 Å². The van der Waals surface area contributed by atoms with E-state index < -0.39 is 71.8 Å². The second-order valence-corrected chi connectivity index (χ2v) is 13.1. The topological polar surface area (TPSA) is 303 Å². The van der Waals surface area contributed by atoms with Gasteiger partial charge in [-0.3, -0.25) is 28.8 Å². The molecular weight excluding hydrogens is 652 g/mol. The average Bonchev–Trinajstić information content (AvgIpc) is 3.08. The molecule has 284 valence electrons. The first-order valence-electron chi connectivity index (χ1n) is 17.7. The number of unbranched alkanes of at least 4 members (excludes halogenated alkanes) is 4. The summed E-state index contributed by atoms with van der Waals surface area (Å²) in [7, 11) is 0. The molecule has 15 nitrogen and oxygen atoms in total. The van der Waals surface area contributed by atoms with E-state index in [1.807, 2.05) is 0 Å². The van der Waals surface area contributed by atoms with Crippen LogP contribution in [0.5, 0.6) is 0 Å². The minimum absolute atomic E-state index is 0.0758. The Morgan fingerprint density at radius 3 is 1.31 bits per heavy atom. The summed E-state index contributed by atoms with van der Waals surface area (Å²) in [5.74, 6) is -5.53. The summed E-state index contributed by atoms with van der Waals surface area (Å²) in [5.41, 5.74) is 33.9. The van der Waals surface area contributed by atoms with Gasteiger partial charge in [-0.2, -0.15) is 12.6 Å². The molecule has 0 aliphatic carbocycles. The number of primary amides is 1. The first-order chi connectivity index (χ1) is 23.4. The summed E-state index contributed by atoms with van der Waals surface area (Å²) in [4.78, 5) is 78.5. The molecule has 16 heteroatoms. The SMILES string of the molecule is NCCCC[C@H](CC(=O)[C@H](CCCCN)NC(=O)[C@H](CCCCN)CC(=O)[C@H](CCCCN)NC(=O)[C@H](CO)CC(=O)[C@@H](N)CS)C(N)=O. The van der Waals surface area contributed by atoms with E-state index in [1.54, 1.807) is 0 Å². The van der Waals surface area contributed by atoms with Crippen molar-refractivity contribution in [2.75, 3.05) is 38.5 Å². The molecule has 0 unspecified atom stereocenters. The number of amides is 3. The van der Waals surface area contributed by atoms with Gasteiger partial charge in [0.2, 0.25) is 17.7 Å². The number of nitrogens with two attached hydrogens (primary N) is 6. The van der Waals surface area contributed by atoms with Gasteiger partial charge in [-0.15, -0.1) is 0 Å². The number of hydrogen-bond acceptors (Lipinski definition) is 13. The third-order valence-electron chi connectivity index (χ3n) is 8.63. The predicted molar refractivity (Wildman–Crippen MR) is 193 cm³/mol. The maximum atomic E-state index is 13.8. The smallest absolute Gasteiger partial charge is 0.226 e. The molecule has 6 atom stereocenters. The number of carbonyl (C=O) groups excluding carboxylic acids is 6. The zero-order valence-corrected chi connectivity index (χ0v) is 30.0. The quantitative estimate of drug-likeness (QED) is 0.0294. The van der Waals surface area contributed by atoms with Crippen molar-refractivity contribution >= 4 is 47.7 Å². The van der Waals surface area contributed by atoms with Crippen LogP contribution in [-0.4, -0.2) is 96.8 Å². The van der Waals surface area contributed by atoms with Gasteiger partial charge in [-0.25, -0.2) is 0 Å². The van der Waals surface area contributed by atoms with Crippen molar-refractivity contribution in [3.8, 4) is 0 Å². The highest BCUT2D eigenvalue weighted by Crippen LogP contribution is 2.20. The molecule has 0 rings (SSSR count). The molecule has 0 bridgehead atoms. The number of aliphatic hydroxyl groups excluding tert-OH is 1. The second kappa shape index (κ2) is 28.3. The fourth-order valence-electron chi connectivity index (χ4n) is 5.44. The van der Waals surface area contributed by atoms with Gasteiger partial charge in [0.15, 0.2) is 17.3 Å². The molecule has 0 heterocycles. The minimum atomic E-state index is -1.12. The van der Waals surface area contributed by atoms with Gasteiger partial charge in [0.1, 0.15) is 0 Å². The molecule has 0 radical (unpaired) electrons. The Labute approximate surface area is 296 Å². The van der Waals surface area contributed by atoms with E-state index in [4.69, 9.17) is 34.4 Å². The van der Waals surface area contributed by atoms with Crippen LogP contribution >= 0.6 is 12.6 Å². The monoisotopic (exact) mass is 716 g/mol. The van der Waals surface area contributed by atoms with E-state index in [2.05, 4.69) is 23.3 Å². The van der Waals surface area contributed by atoms with Gasteiger partial charge in [-0.05, 0) is 90.4 Å². The lowest BCUT2D eigenvalue weighted by Crippen LogP contribution is -2.48. The lowest BCUT2D eigenvalue weighted by molar-refractivity contribution is -0.136. The van der Waals surface area contributed by atoms with E-state index in [0.717, 1.165) is 0 Å². The zero-order valence-electron chi connectivity index (χ0n) is 29.1. The zero-order chi connectivity index (χ0) is 37.2. The maximum absolute atomic E-state index is 13.8. The molecule has 0 aliphatic heterocycles. The number of ketones is 3. The van der Waals surface area contributed by atoms with Crippen LogP contribution in [0, 0.1) is 17.8 Å². The van der Waals surface area contributed by atoms with Crippen LogP contribution in [0.15, 0.2) is 0 Å². The minimum Gasteiger partial charge on any atom is -0.396 e. The number of rotatable bonds is 32. The van der Waals surface area contributed by atoms with Crippen molar-refractivity contribution < 1.29 is 33.9 Å². The molecule has 0 saturated carbocycles. The van der Waals surface area contributed by atoms with Crippen LogP contribution in [0.4, 0.5) is 0 Å². The highest BCUT2D eigenvalue weighted by atomic mass is 32.1. The number of Topliss-reactive ketones (excluding diaryl/α,β-unsaturated/α-hetero) is 3. The Hall–Kier alpha value is -2.47. The number of hydrogen-bond donors (Lipinski definition) is 10. The van der Waals surface area contributed by atoms with Crippen molar-refractivity contribution in [3.05, 3.63) is 0 Å². The lowest BCUT2D eigenvalue weighted by Gasteiger charge is -2.25. The Bertz CT molecular complexity index is 1010. The molecule has 0 fully saturated rings. The molecular formula is C33H64N8O7S. The van der Waals surface area contributed by atoms with Crippen molar-refractivity contribution in [1.29, 1.82) is 0 Å². The largest absolute Gasteiger partial charge is 0.396 e. The van der Waals surface area contributed by atoms with Crippen molar-refractivity contribution in [2.24, 2.45) is 52.2 Å². The molecule has 0 aromatic carbocycles. The van der Waals surface area contributed by atoms with Crippen LogP contribution in [0.1, 0.15) is 96.3 Å². The summed E-state index contributed by atoms with van der Waals surface area (Å²) < 4.78 is 0. The fourth-order valence-corrected chi connectivity index (χ4v) is 5.64. The summed E-state index contributed by atoms with van der Waals surface area (Å²) in [6.07, 6.45) is 5.31. The third-order valence-corrected chi connectivity index (χ3v) is 9.03. The molecule has 0 aromatic rings. The van der Waals surface area contributed by atoms with Crippen molar-refractivity contribution in [2.45, 2.75) is 114 Å². The molecule has 0 spiro atoms. The molecule has 49 heavy (non-hydrogen) atoms. The molecule has 15 N–H and O–H groups in total. The molecule has 3 amide bonds. The van der Waals surface area contributed by atoms with Gasteiger partial charge < -0.3 is 50.1 Å². The van der Waals surface area contributed by atoms with E-state index in [1.165, 1.54) is 0 Å². The number of carbonyl (C=O) groups is 6. The molecule has 0 aliphatic rings. The van der Waals surface area contributed by atoms with Crippen LogP contribution in [-0.2, 0) is 28.8 Å². The standard InChI is InChI=1S/C33H64N8O7S/c34-13-5-1-9-22(31(39)46)17-29(44)26(11-3-7-15-36)40-32(47)23(10-2-6-14-35)18-30(45)27(12-4-8-16-37)41-33(48)24(20-42)19-28(43)25(38)21-49/h22-27,42,49H,1-21,34-38H2,(H2,39,46)(H,40,47)(H,41,48)/t22-,23-,24+,25+,26+,27+/m1/s1. The lowest BCUT2D eigenvalue weighted by atomic mass is 9.89. The maximum Gasteiger partial charge on any atom is 0.226 e. The number of nitrogens with one attached hydrogen (secondary N) is 2. The van der Waals surface area contributed by atoms with E-state index in [-0.39, 0.29) is 37.2 Å². The first-order valence-corrected chi connectivity index (χ1v) is 18.3. The Morgan fingerprint density at radius 2 is 0.918 bits per heavy atom. The van der Waals surface area contributed by atoms with Gasteiger partial charge in [0.25, 0.3) is 0 Å². The second-order valence-electron chi connectivity index (χ2n) is 12.7. The van der Waals surface area contributed by atoms with Gasteiger partial charge in [0, 0.05) is 36.9 Å². The molecule has 0 saturated heterocycles. The average molecular weight is 717 g/mol. The van der Waals surface area contributed by atoms with Crippen molar-refractivity contribution in [1.82, 2.24) is 10.6 Å². The predicted octanol–water partition coefficient (Wildman–Crippen LogP) is -1.07. The fraction of sp³-hybridized carbons (Fsp3) is 0.818. The van der Waals surface area contributed by atoms with Gasteiger partial charge in [-0.1, -0.05) is 12.8 Å².